The van der Waals surface area contributed by atoms with E-state index in [-0.39, 0.29) is 17.8 Å². The lowest BCUT2D eigenvalue weighted by Gasteiger charge is -2.25. The zero-order valence-electron chi connectivity index (χ0n) is 9.13. The van der Waals surface area contributed by atoms with Crippen molar-refractivity contribution in [3.63, 3.8) is 0 Å². The molecule has 0 spiro atoms. The molecule has 1 aromatic carbocycles. The highest BCUT2D eigenvalue weighted by molar-refractivity contribution is 7.99. The summed E-state index contributed by atoms with van der Waals surface area (Å²) in [5.74, 6) is 1.95. The summed E-state index contributed by atoms with van der Waals surface area (Å²) in [5, 5.41) is 1.24. The van der Waals surface area contributed by atoms with Crippen LogP contribution < -0.4 is 14.9 Å². The number of carbonyl (C=O) groups excluding carboxylic acids is 1. The Morgan fingerprint density at radius 3 is 2.72 bits per heavy atom. The van der Waals surface area contributed by atoms with Gasteiger partial charge in [-0.1, -0.05) is 11.8 Å². The maximum atomic E-state index is 12.2. The van der Waals surface area contributed by atoms with Gasteiger partial charge in [-0.05, 0) is 6.07 Å². The SMILES string of the molecule is O=Cc1c2n(c3cc4c(cc3c1=O)OCO4)CS2. The van der Waals surface area contributed by atoms with Crippen LogP contribution in [0.1, 0.15) is 10.4 Å². The van der Waals surface area contributed by atoms with Gasteiger partial charge in [0.2, 0.25) is 12.2 Å². The van der Waals surface area contributed by atoms with Gasteiger partial charge in [-0.3, -0.25) is 9.59 Å². The quantitative estimate of drug-likeness (QED) is 0.730. The zero-order chi connectivity index (χ0) is 12.3. The maximum absolute atomic E-state index is 12.2. The highest BCUT2D eigenvalue weighted by atomic mass is 32.2. The summed E-state index contributed by atoms with van der Waals surface area (Å²) in [6.45, 7) is 0.169. The molecule has 0 amide bonds. The van der Waals surface area contributed by atoms with Gasteiger partial charge in [-0.2, -0.15) is 0 Å². The van der Waals surface area contributed by atoms with Crippen LogP contribution in [0.3, 0.4) is 0 Å². The molecule has 4 rings (SSSR count). The topological polar surface area (TPSA) is 57.5 Å². The zero-order valence-corrected chi connectivity index (χ0v) is 9.95. The Kier molecular flexibility index (Phi) is 1.83. The highest BCUT2D eigenvalue weighted by Gasteiger charge is 2.25. The predicted molar refractivity (Wildman–Crippen MR) is 65.6 cm³/mol. The molecule has 0 aliphatic carbocycles. The number of carbonyl (C=O) groups is 1. The standard InChI is InChI=1S/C12H7NO4S/c14-3-7-11(15)6-1-9-10(17-5-16-9)2-8(6)13-4-18-12(7)13/h1-3H,4-5H2. The Morgan fingerprint density at radius 1 is 1.28 bits per heavy atom. The fourth-order valence-electron chi connectivity index (χ4n) is 2.28. The number of aldehydes is 1. The van der Waals surface area contributed by atoms with E-state index in [1.807, 2.05) is 4.57 Å². The summed E-state index contributed by atoms with van der Waals surface area (Å²) in [4.78, 5) is 23.2. The summed E-state index contributed by atoms with van der Waals surface area (Å²) in [5.41, 5.74) is 0.790. The number of hydrogen-bond acceptors (Lipinski definition) is 5. The minimum Gasteiger partial charge on any atom is -0.454 e. The van der Waals surface area contributed by atoms with Gasteiger partial charge in [0.15, 0.2) is 17.8 Å². The number of rotatable bonds is 1. The number of thioether (sulfide) groups is 1. The average molecular weight is 261 g/mol. The predicted octanol–water partition coefficient (Wildman–Crippen LogP) is 1.61. The van der Waals surface area contributed by atoms with E-state index < -0.39 is 0 Å². The van der Waals surface area contributed by atoms with Crippen molar-refractivity contribution in [3.05, 3.63) is 27.9 Å². The van der Waals surface area contributed by atoms with Gasteiger partial charge >= 0.3 is 0 Å². The molecular formula is C12H7NO4S. The molecule has 3 heterocycles. The van der Waals surface area contributed by atoms with Gasteiger partial charge in [0.1, 0.15) is 0 Å². The number of hydrogen-bond donors (Lipinski definition) is 0. The van der Waals surface area contributed by atoms with Crippen molar-refractivity contribution in [1.29, 1.82) is 0 Å². The summed E-state index contributed by atoms with van der Waals surface area (Å²) in [6, 6.07) is 3.46. The van der Waals surface area contributed by atoms with E-state index in [9.17, 15) is 9.59 Å². The molecule has 1 aromatic heterocycles. The minimum absolute atomic E-state index is 0.169. The van der Waals surface area contributed by atoms with E-state index in [0.29, 0.717) is 23.2 Å². The normalized spacial score (nSPS) is 15.3. The number of aromatic nitrogens is 1. The van der Waals surface area contributed by atoms with Crippen LogP contribution in [0.5, 0.6) is 11.5 Å². The van der Waals surface area contributed by atoms with Gasteiger partial charge in [0.25, 0.3) is 0 Å². The summed E-state index contributed by atoms with van der Waals surface area (Å²) in [7, 11) is 0. The molecule has 90 valence electrons. The van der Waals surface area contributed by atoms with Crippen LogP contribution in [0, 0.1) is 0 Å². The Bertz CT molecular complexity index is 765. The first-order chi connectivity index (χ1) is 8.79. The second-order valence-electron chi connectivity index (χ2n) is 4.09. The number of benzene rings is 1. The molecule has 0 fully saturated rings. The van der Waals surface area contributed by atoms with Crippen molar-refractivity contribution in [1.82, 2.24) is 4.57 Å². The lowest BCUT2D eigenvalue weighted by atomic mass is 10.1. The first-order valence-electron chi connectivity index (χ1n) is 5.38. The molecule has 2 aliphatic rings. The minimum atomic E-state index is -0.239. The molecule has 0 radical (unpaired) electrons. The van der Waals surface area contributed by atoms with E-state index in [1.165, 1.54) is 11.8 Å². The summed E-state index contributed by atoms with van der Waals surface area (Å²) >= 11 is 1.50. The van der Waals surface area contributed by atoms with Gasteiger partial charge in [-0.15, -0.1) is 0 Å². The number of nitrogens with zero attached hydrogens (tertiary/aromatic N) is 1. The van der Waals surface area contributed by atoms with E-state index in [1.54, 1.807) is 12.1 Å². The van der Waals surface area contributed by atoms with Crippen LogP contribution in [-0.2, 0) is 5.88 Å². The largest absolute Gasteiger partial charge is 0.454 e. The average Bonchev–Trinajstić information content (AvgIpc) is 2.78. The first-order valence-corrected chi connectivity index (χ1v) is 6.36. The lowest BCUT2D eigenvalue weighted by Crippen LogP contribution is -2.22. The molecule has 2 aromatic rings. The Hall–Kier alpha value is -1.95. The number of pyridine rings is 1. The molecule has 0 bridgehead atoms. The molecule has 18 heavy (non-hydrogen) atoms. The molecule has 2 aliphatic heterocycles. The molecule has 0 saturated heterocycles. The third kappa shape index (κ3) is 1.08. The van der Waals surface area contributed by atoms with Gasteiger partial charge < -0.3 is 14.0 Å². The van der Waals surface area contributed by atoms with Gasteiger partial charge in [0.05, 0.1) is 27.4 Å². The van der Waals surface area contributed by atoms with Crippen LogP contribution >= 0.6 is 11.8 Å². The van der Waals surface area contributed by atoms with Crippen LogP contribution in [0.4, 0.5) is 0 Å². The van der Waals surface area contributed by atoms with E-state index >= 15 is 0 Å². The van der Waals surface area contributed by atoms with Crippen molar-refractivity contribution >= 4 is 29.0 Å². The van der Waals surface area contributed by atoms with Crippen LogP contribution in [0.15, 0.2) is 22.0 Å². The Balaban J connectivity index is 2.19. The fourth-order valence-corrected chi connectivity index (χ4v) is 3.20. The van der Waals surface area contributed by atoms with Crippen molar-refractivity contribution in [3.8, 4) is 11.5 Å². The summed E-state index contributed by atoms with van der Waals surface area (Å²) in [6.07, 6.45) is 0.629. The molecule has 6 heteroatoms. The monoisotopic (exact) mass is 261 g/mol. The van der Waals surface area contributed by atoms with Gasteiger partial charge in [-0.25, -0.2) is 0 Å². The molecule has 0 N–H and O–H groups in total. The molecule has 0 atom stereocenters. The fraction of sp³-hybridized carbons (Fsp3) is 0.167. The third-order valence-electron chi connectivity index (χ3n) is 3.19. The molecular weight excluding hydrogens is 254 g/mol. The smallest absolute Gasteiger partial charge is 0.231 e. The lowest BCUT2D eigenvalue weighted by molar-refractivity contribution is 0.111. The van der Waals surface area contributed by atoms with E-state index in [0.717, 1.165) is 16.4 Å². The molecule has 5 nitrogen and oxygen atoms in total. The second-order valence-corrected chi connectivity index (χ2v) is 5.02. The molecule has 0 saturated carbocycles. The van der Waals surface area contributed by atoms with E-state index in [4.69, 9.17) is 9.47 Å². The van der Waals surface area contributed by atoms with Gasteiger partial charge in [0, 0.05) is 6.07 Å². The Morgan fingerprint density at radius 2 is 2.06 bits per heavy atom. The second kappa shape index (κ2) is 3.29. The first kappa shape index (κ1) is 10.0. The van der Waals surface area contributed by atoms with Crippen molar-refractivity contribution in [2.24, 2.45) is 0 Å². The maximum Gasteiger partial charge on any atom is 0.231 e. The number of ether oxygens (including phenoxy) is 2. The third-order valence-corrected chi connectivity index (χ3v) is 4.30. The van der Waals surface area contributed by atoms with E-state index in [2.05, 4.69) is 0 Å². The van der Waals surface area contributed by atoms with Crippen LogP contribution in [-0.4, -0.2) is 17.6 Å². The van der Waals surface area contributed by atoms with Crippen LogP contribution in [0.25, 0.3) is 10.9 Å². The Labute approximate surface area is 105 Å². The van der Waals surface area contributed by atoms with Crippen LogP contribution in [0.2, 0.25) is 0 Å². The number of fused-ring (bicyclic) bond motifs is 4. The van der Waals surface area contributed by atoms with Crippen molar-refractivity contribution in [2.45, 2.75) is 10.9 Å². The summed E-state index contributed by atoms with van der Waals surface area (Å²) < 4.78 is 12.5. The molecule has 0 unspecified atom stereocenters. The highest BCUT2D eigenvalue weighted by Crippen LogP contribution is 2.40. The van der Waals surface area contributed by atoms with Crippen molar-refractivity contribution in [2.75, 3.05) is 6.79 Å². The van der Waals surface area contributed by atoms with Crippen molar-refractivity contribution < 1.29 is 14.3 Å².